The second-order valence-electron chi connectivity index (χ2n) is 4.62. The van der Waals surface area contributed by atoms with Gasteiger partial charge >= 0.3 is 0 Å². The van der Waals surface area contributed by atoms with Gasteiger partial charge in [-0.25, -0.2) is 9.37 Å². The van der Waals surface area contributed by atoms with E-state index < -0.39 is 0 Å². The van der Waals surface area contributed by atoms with Crippen molar-refractivity contribution < 1.29 is 9.18 Å². The summed E-state index contributed by atoms with van der Waals surface area (Å²) in [7, 11) is 0. The highest BCUT2D eigenvalue weighted by Crippen LogP contribution is 2.17. The molecule has 0 spiro atoms. The molecule has 3 rings (SSSR count). The molecule has 3 aromatic rings. The molecule has 0 bridgehead atoms. The van der Waals surface area contributed by atoms with Gasteiger partial charge in [0.25, 0.3) is 5.91 Å². The van der Waals surface area contributed by atoms with Gasteiger partial charge in [0.05, 0.1) is 18.1 Å². The van der Waals surface area contributed by atoms with E-state index in [1.54, 1.807) is 24.3 Å². The van der Waals surface area contributed by atoms with E-state index in [0.717, 1.165) is 0 Å². The van der Waals surface area contributed by atoms with E-state index in [9.17, 15) is 9.18 Å². The van der Waals surface area contributed by atoms with Gasteiger partial charge in [-0.15, -0.1) is 0 Å². The number of nitrogens with one attached hydrogen (secondary N) is 1. The summed E-state index contributed by atoms with van der Waals surface area (Å²) in [5.74, 6) is -0.669. The molecule has 1 heterocycles. The molecule has 0 aliphatic rings. The van der Waals surface area contributed by atoms with Crippen LogP contribution in [-0.2, 0) is 0 Å². The predicted molar refractivity (Wildman–Crippen MR) is 81.8 cm³/mol. The quantitative estimate of drug-likeness (QED) is 0.803. The molecule has 0 atom stereocenters. The number of carbonyl (C=O) groups is 1. The number of halogens is 1. The Kier molecular flexibility index (Phi) is 3.87. The summed E-state index contributed by atoms with van der Waals surface area (Å²) in [6.07, 6.45) is 2.93. The average Bonchev–Trinajstić information content (AvgIpc) is 2.56. The lowest BCUT2D eigenvalue weighted by atomic mass is 10.1. The van der Waals surface area contributed by atoms with Gasteiger partial charge in [-0.3, -0.25) is 9.78 Å². The molecule has 1 amide bonds. The molecule has 0 unspecified atom stereocenters. The highest BCUT2D eigenvalue weighted by molar-refractivity contribution is 6.02. The summed E-state index contributed by atoms with van der Waals surface area (Å²) in [4.78, 5) is 20.5. The number of hydrogen-bond donors (Lipinski definition) is 1. The van der Waals surface area contributed by atoms with Crippen molar-refractivity contribution in [2.24, 2.45) is 0 Å². The Hall–Kier alpha value is -3.08. The van der Waals surface area contributed by atoms with Gasteiger partial charge in [0.1, 0.15) is 11.5 Å². The number of amides is 1. The van der Waals surface area contributed by atoms with Crippen molar-refractivity contribution in [1.82, 2.24) is 9.97 Å². The van der Waals surface area contributed by atoms with Crippen LogP contribution in [0.25, 0.3) is 11.3 Å². The fourth-order valence-corrected chi connectivity index (χ4v) is 1.95. The second kappa shape index (κ2) is 6.13. The average molecular weight is 293 g/mol. The zero-order valence-corrected chi connectivity index (χ0v) is 11.5. The molecule has 0 saturated carbocycles. The van der Waals surface area contributed by atoms with E-state index in [2.05, 4.69) is 15.3 Å². The number of para-hydroxylation sites is 1. The first kappa shape index (κ1) is 13.9. The molecule has 4 nitrogen and oxygen atoms in total. The van der Waals surface area contributed by atoms with Crippen molar-refractivity contribution in [2.45, 2.75) is 0 Å². The number of nitrogens with zero attached hydrogens (tertiary/aromatic N) is 2. The summed E-state index contributed by atoms with van der Waals surface area (Å²) >= 11 is 0. The van der Waals surface area contributed by atoms with E-state index in [-0.39, 0.29) is 17.4 Å². The Morgan fingerprint density at radius 2 is 1.68 bits per heavy atom. The van der Waals surface area contributed by atoms with E-state index in [4.69, 9.17) is 0 Å². The molecule has 108 valence electrons. The fourth-order valence-electron chi connectivity index (χ4n) is 1.95. The van der Waals surface area contributed by atoms with Crippen molar-refractivity contribution in [3.8, 4) is 11.3 Å². The van der Waals surface area contributed by atoms with E-state index in [1.165, 1.54) is 24.5 Å². The Morgan fingerprint density at radius 3 is 2.41 bits per heavy atom. The van der Waals surface area contributed by atoms with Gasteiger partial charge in [0, 0.05) is 11.3 Å². The highest BCUT2D eigenvalue weighted by Gasteiger charge is 2.10. The van der Waals surface area contributed by atoms with Gasteiger partial charge in [-0.2, -0.15) is 0 Å². The molecular weight excluding hydrogens is 281 g/mol. The van der Waals surface area contributed by atoms with E-state index in [1.807, 2.05) is 18.2 Å². The summed E-state index contributed by atoms with van der Waals surface area (Å²) in [6.45, 7) is 0. The predicted octanol–water partition coefficient (Wildman–Crippen LogP) is 3.54. The van der Waals surface area contributed by atoms with Crippen molar-refractivity contribution in [1.29, 1.82) is 0 Å². The van der Waals surface area contributed by atoms with Crippen molar-refractivity contribution >= 4 is 11.6 Å². The molecule has 22 heavy (non-hydrogen) atoms. The van der Waals surface area contributed by atoms with Crippen LogP contribution in [0, 0.1) is 5.82 Å². The Morgan fingerprint density at radius 1 is 0.955 bits per heavy atom. The molecule has 5 heteroatoms. The molecule has 1 aromatic heterocycles. The smallest absolute Gasteiger partial charge is 0.275 e. The maximum absolute atomic E-state index is 13.0. The summed E-state index contributed by atoms with van der Waals surface area (Å²) in [5, 5.41) is 2.74. The van der Waals surface area contributed by atoms with Gasteiger partial charge in [0.2, 0.25) is 0 Å². The van der Waals surface area contributed by atoms with Gasteiger partial charge in [-0.1, -0.05) is 18.2 Å². The van der Waals surface area contributed by atoms with Crippen molar-refractivity contribution in [2.75, 3.05) is 5.32 Å². The van der Waals surface area contributed by atoms with Crippen LogP contribution in [0.1, 0.15) is 10.5 Å². The maximum atomic E-state index is 13.0. The third kappa shape index (κ3) is 3.15. The van der Waals surface area contributed by atoms with Crippen LogP contribution >= 0.6 is 0 Å². The first-order chi connectivity index (χ1) is 10.7. The number of hydrogen-bond acceptors (Lipinski definition) is 3. The van der Waals surface area contributed by atoms with Gasteiger partial charge in [-0.05, 0) is 36.4 Å². The molecule has 0 aliphatic heterocycles. The largest absolute Gasteiger partial charge is 0.321 e. The topological polar surface area (TPSA) is 54.9 Å². The molecule has 0 fully saturated rings. The molecule has 0 radical (unpaired) electrons. The van der Waals surface area contributed by atoms with Gasteiger partial charge < -0.3 is 5.32 Å². The molecular formula is C17H12FN3O. The van der Waals surface area contributed by atoms with Crippen molar-refractivity contribution in [3.05, 3.63) is 78.5 Å². The zero-order chi connectivity index (χ0) is 15.4. The summed E-state index contributed by atoms with van der Waals surface area (Å²) in [5.41, 5.74) is 2.09. The first-order valence-corrected chi connectivity index (χ1v) is 6.67. The number of anilines is 1. The molecule has 0 aliphatic carbocycles. The third-order valence-electron chi connectivity index (χ3n) is 3.04. The van der Waals surface area contributed by atoms with Gasteiger partial charge in [0.15, 0.2) is 0 Å². The number of rotatable bonds is 3. The van der Waals surface area contributed by atoms with Crippen LogP contribution in [0.15, 0.2) is 67.0 Å². The second-order valence-corrected chi connectivity index (χ2v) is 4.62. The van der Waals surface area contributed by atoms with Crippen LogP contribution in [0.5, 0.6) is 0 Å². The standard InChI is InChI=1S/C17H12FN3O/c18-13-8-6-12(7-9-13)15-10-19-11-16(21-15)17(22)20-14-4-2-1-3-5-14/h1-11H,(H,20,22). The lowest BCUT2D eigenvalue weighted by Crippen LogP contribution is -2.14. The van der Waals surface area contributed by atoms with Crippen LogP contribution < -0.4 is 5.32 Å². The van der Waals surface area contributed by atoms with Crippen molar-refractivity contribution in [3.63, 3.8) is 0 Å². The highest BCUT2D eigenvalue weighted by atomic mass is 19.1. The number of benzene rings is 2. The Balaban J connectivity index is 1.84. The number of carbonyl (C=O) groups excluding carboxylic acids is 1. The lowest BCUT2D eigenvalue weighted by Gasteiger charge is -2.06. The summed E-state index contributed by atoms with van der Waals surface area (Å²) in [6, 6.07) is 15.0. The molecule has 1 N–H and O–H groups in total. The van der Waals surface area contributed by atoms with E-state index >= 15 is 0 Å². The minimum absolute atomic E-state index is 0.200. The fraction of sp³-hybridized carbons (Fsp3) is 0. The minimum atomic E-state index is -0.345. The summed E-state index contributed by atoms with van der Waals surface area (Å²) < 4.78 is 13.0. The first-order valence-electron chi connectivity index (χ1n) is 6.67. The minimum Gasteiger partial charge on any atom is -0.321 e. The molecule has 2 aromatic carbocycles. The van der Waals surface area contributed by atoms with Crippen LogP contribution in [0.2, 0.25) is 0 Å². The lowest BCUT2D eigenvalue weighted by molar-refractivity contribution is 0.102. The maximum Gasteiger partial charge on any atom is 0.275 e. The van der Waals surface area contributed by atoms with Crippen LogP contribution in [0.3, 0.4) is 0 Å². The third-order valence-corrected chi connectivity index (χ3v) is 3.04. The van der Waals surface area contributed by atoms with Crippen LogP contribution in [0.4, 0.5) is 10.1 Å². The van der Waals surface area contributed by atoms with Crippen LogP contribution in [-0.4, -0.2) is 15.9 Å². The van der Waals surface area contributed by atoms with E-state index in [0.29, 0.717) is 16.9 Å². The monoisotopic (exact) mass is 293 g/mol. The molecule has 0 saturated heterocycles. The normalized spacial score (nSPS) is 10.2. The number of aromatic nitrogens is 2. The Labute approximate surface area is 126 Å². The zero-order valence-electron chi connectivity index (χ0n) is 11.5. The SMILES string of the molecule is O=C(Nc1ccccc1)c1cncc(-c2ccc(F)cc2)n1. The Bertz CT molecular complexity index is 789.